The summed E-state index contributed by atoms with van der Waals surface area (Å²) in [7, 11) is -5.56. The second-order valence-corrected chi connectivity index (χ2v) is 10.4. The Morgan fingerprint density at radius 2 is 1.71 bits per heavy atom. The van der Waals surface area contributed by atoms with Crippen LogP contribution < -0.4 is 10.2 Å². The molecule has 4 rings (SSSR count). The van der Waals surface area contributed by atoms with Crippen molar-refractivity contribution in [3.8, 4) is 11.3 Å². The fraction of sp³-hybridized carbons (Fsp3) is 0.174. The normalized spacial score (nSPS) is 18.6. The Bertz CT molecular complexity index is 1430. The number of halogens is 4. The van der Waals surface area contributed by atoms with E-state index in [2.05, 4.69) is 10.3 Å². The number of sulfone groups is 1. The summed E-state index contributed by atoms with van der Waals surface area (Å²) in [5.41, 5.74) is -4.96. The van der Waals surface area contributed by atoms with Crippen LogP contribution in [0.1, 0.15) is 12.5 Å². The fourth-order valence-electron chi connectivity index (χ4n) is 3.76. The molecule has 1 unspecified atom stereocenters. The van der Waals surface area contributed by atoms with Crippen LogP contribution in [0, 0.1) is 0 Å². The van der Waals surface area contributed by atoms with E-state index in [9.17, 15) is 31.2 Å². The van der Waals surface area contributed by atoms with Gasteiger partial charge in [-0.15, -0.1) is 0 Å². The van der Waals surface area contributed by atoms with Crippen LogP contribution in [0.3, 0.4) is 0 Å². The molecular weight excluding hydrogens is 507 g/mol. The van der Waals surface area contributed by atoms with Gasteiger partial charge in [0, 0.05) is 23.2 Å². The van der Waals surface area contributed by atoms with Crippen molar-refractivity contribution in [2.45, 2.75) is 29.3 Å². The van der Waals surface area contributed by atoms with Crippen molar-refractivity contribution in [3.63, 3.8) is 0 Å². The van der Waals surface area contributed by atoms with Gasteiger partial charge < -0.3 is 5.32 Å². The van der Waals surface area contributed by atoms with Crippen LogP contribution in [0.4, 0.5) is 23.7 Å². The van der Waals surface area contributed by atoms with Crippen molar-refractivity contribution >= 4 is 39.1 Å². The number of anilines is 1. The van der Waals surface area contributed by atoms with Crippen LogP contribution in [0.25, 0.3) is 11.3 Å². The van der Waals surface area contributed by atoms with E-state index in [0.717, 1.165) is 17.0 Å². The van der Waals surface area contributed by atoms with Crippen LogP contribution in [0.5, 0.6) is 0 Å². The van der Waals surface area contributed by atoms with E-state index in [1.165, 1.54) is 6.92 Å². The van der Waals surface area contributed by atoms with Gasteiger partial charge in [-0.05, 0) is 55.0 Å². The van der Waals surface area contributed by atoms with Crippen LogP contribution in [0.2, 0.25) is 5.02 Å². The molecule has 1 N–H and O–H groups in total. The maximum absolute atomic E-state index is 13.2. The number of pyridine rings is 1. The Hall–Kier alpha value is -3.44. The second-order valence-electron chi connectivity index (χ2n) is 8.05. The zero-order chi connectivity index (χ0) is 25.6. The molecule has 0 saturated carbocycles. The predicted molar refractivity (Wildman–Crippen MR) is 122 cm³/mol. The Kier molecular flexibility index (Phi) is 6.10. The lowest BCUT2D eigenvalue weighted by Gasteiger charge is -2.22. The number of carbonyl (C=O) groups is 2. The zero-order valence-corrected chi connectivity index (χ0v) is 19.6. The lowest BCUT2D eigenvalue weighted by Crippen LogP contribution is -2.46. The topological polar surface area (TPSA) is 96.4 Å². The molecule has 0 aliphatic carbocycles. The summed E-state index contributed by atoms with van der Waals surface area (Å²) in [5, 5.41) is 3.11. The quantitative estimate of drug-likeness (QED) is 0.487. The number of imide groups is 1. The molecule has 3 aromatic rings. The highest BCUT2D eigenvalue weighted by molar-refractivity contribution is 7.92. The molecule has 35 heavy (non-hydrogen) atoms. The number of amides is 3. The van der Waals surface area contributed by atoms with Gasteiger partial charge in [-0.3, -0.25) is 9.78 Å². The number of hydrogen-bond donors (Lipinski definition) is 1. The van der Waals surface area contributed by atoms with Crippen molar-refractivity contribution in [2.75, 3.05) is 4.90 Å². The van der Waals surface area contributed by atoms with Crippen molar-refractivity contribution < 1.29 is 31.2 Å². The lowest BCUT2D eigenvalue weighted by molar-refractivity contribution is -0.121. The summed E-state index contributed by atoms with van der Waals surface area (Å²) in [6.45, 7) is 1.52. The Morgan fingerprint density at radius 1 is 1.06 bits per heavy atom. The summed E-state index contributed by atoms with van der Waals surface area (Å²) >= 11 is 6.24. The number of nitrogens with zero attached hydrogens (tertiary/aromatic N) is 2. The van der Waals surface area contributed by atoms with Gasteiger partial charge in [0.1, 0.15) is 5.54 Å². The molecule has 1 fully saturated rings. The molecule has 0 bridgehead atoms. The van der Waals surface area contributed by atoms with E-state index in [1.54, 1.807) is 42.6 Å². The average molecular weight is 524 g/mol. The third kappa shape index (κ3) is 4.48. The van der Waals surface area contributed by atoms with Crippen molar-refractivity contribution in [1.82, 2.24) is 10.3 Å². The maximum Gasteiger partial charge on any atom is 0.501 e. The number of nitrogens with one attached hydrogen (secondary N) is 1. The number of urea groups is 1. The number of rotatable bonds is 5. The SMILES string of the molecule is CC1(Cc2ccnc(-c3ccccc3Cl)c2)NC(=O)N(c2ccc(S(=O)(=O)C(F)(F)F)cc2)C1=O. The molecule has 1 aliphatic heterocycles. The van der Waals surface area contributed by atoms with Gasteiger partial charge in [0.05, 0.1) is 16.3 Å². The van der Waals surface area contributed by atoms with Crippen LogP contribution in [-0.2, 0) is 21.1 Å². The first kappa shape index (κ1) is 24.7. The van der Waals surface area contributed by atoms with E-state index < -0.39 is 37.7 Å². The molecule has 1 saturated heterocycles. The molecule has 7 nitrogen and oxygen atoms in total. The van der Waals surface area contributed by atoms with Crippen molar-refractivity contribution in [3.05, 3.63) is 77.4 Å². The number of aromatic nitrogens is 1. The summed E-state index contributed by atoms with van der Waals surface area (Å²) in [6.07, 6.45) is 1.64. The molecule has 1 aromatic heterocycles. The highest BCUT2D eigenvalue weighted by Gasteiger charge is 2.49. The summed E-state index contributed by atoms with van der Waals surface area (Å²) in [4.78, 5) is 29.9. The fourth-order valence-corrected chi connectivity index (χ4v) is 4.75. The first-order valence-electron chi connectivity index (χ1n) is 10.1. The van der Waals surface area contributed by atoms with Gasteiger partial charge in [0.15, 0.2) is 0 Å². The van der Waals surface area contributed by atoms with Crippen LogP contribution in [0.15, 0.2) is 71.8 Å². The Balaban J connectivity index is 1.59. The first-order valence-corrected chi connectivity index (χ1v) is 12.0. The first-order chi connectivity index (χ1) is 16.3. The molecule has 12 heteroatoms. The van der Waals surface area contributed by atoms with Crippen LogP contribution >= 0.6 is 11.6 Å². The molecular formula is C23H17ClF3N3O4S. The van der Waals surface area contributed by atoms with E-state index in [4.69, 9.17) is 11.6 Å². The van der Waals surface area contributed by atoms with Crippen LogP contribution in [-0.4, -0.2) is 36.4 Å². The minimum Gasteiger partial charge on any atom is -0.323 e. The van der Waals surface area contributed by atoms with E-state index in [-0.39, 0.29) is 12.1 Å². The zero-order valence-electron chi connectivity index (χ0n) is 18.0. The minimum absolute atomic E-state index is 0.0659. The number of alkyl halides is 3. The largest absolute Gasteiger partial charge is 0.501 e. The van der Waals surface area contributed by atoms with Gasteiger partial charge in [-0.1, -0.05) is 29.8 Å². The highest BCUT2D eigenvalue weighted by atomic mass is 35.5. The monoisotopic (exact) mass is 523 g/mol. The van der Waals surface area contributed by atoms with E-state index >= 15 is 0 Å². The standard InChI is InChI=1S/C23H17ClF3N3O4S/c1-22(13-14-10-11-28-19(12-14)17-4-2-3-5-18(17)24)20(31)30(21(32)29-22)15-6-8-16(9-7-15)35(33,34)23(25,26)27/h2-12H,13H2,1H3,(H,29,32). The smallest absolute Gasteiger partial charge is 0.323 e. The molecule has 1 atom stereocenters. The minimum atomic E-state index is -5.56. The molecule has 1 aliphatic rings. The molecule has 0 radical (unpaired) electrons. The second kappa shape index (κ2) is 8.65. The summed E-state index contributed by atoms with van der Waals surface area (Å²) < 4.78 is 61.5. The molecule has 0 spiro atoms. The molecule has 182 valence electrons. The third-order valence-corrected chi connectivity index (χ3v) is 7.33. The van der Waals surface area contributed by atoms with Gasteiger partial charge in [0.25, 0.3) is 15.7 Å². The number of carbonyl (C=O) groups excluding carboxylic acids is 2. The van der Waals surface area contributed by atoms with E-state index in [0.29, 0.717) is 34.0 Å². The van der Waals surface area contributed by atoms with Gasteiger partial charge in [-0.2, -0.15) is 13.2 Å². The molecule has 3 amide bonds. The van der Waals surface area contributed by atoms with E-state index in [1.807, 2.05) is 0 Å². The Labute approximate surface area is 203 Å². The lowest BCUT2D eigenvalue weighted by atomic mass is 9.92. The number of hydrogen-bond acceptors (Lipinski definition) is 5. The van der Waals surface area contributed by atoms with Crippen molar-refractivity contribution in [2.24, 2.45) is 0 Å². The molecule has 2 heterocycles. The average Bonchev–Trinajstić information content (AvgIpc) is 3.01. The predicted octanol–water partition coefficient (Wildman–Crippen LogP) is 4.75. The number of benzene rings is 2. The van der Waals surface area contributed by atoms with Gasteiger partial charge in [0.2, 0.25) is 0 Å². The summed E-state index contributed by atoms with van der Waals surface area (Å²) in [6, 6.07) is 13.1. The van der Waals surface area contributed by atoms with Crippen molar-refractivity contribution in [1.29, 1.82) is 0 Å². The Morgan fingerprint density at radius 3 is 2.34 bits per heavy atom. The highest BCUT2D eigenvalue weighted by Crippen LogP contribution is 2.33. The summed E-state index contributed by atoms with van der Waals surface area (Å²) in [5.74, 6) is -0.648. The third-order valence-electron chi connectivity index (χ3n) is 5.50. The van der Waals surface area contributed by atoms with Gasteiger partial charge in [-0.25, -0.2) is 18.1 Å². The molecule has 2 aromatic carbocycles. The maximum atomic E-state index is 13.2. The van der Waals surface area contributed by atoms with Gasteiger partial charge >= 0.3 is 11.5 Å².